The molecule has 1 amide bonds. The van der Waals surface area contributed by atoms with Gasteiger partial charge in [-0.3, -0.25) is 9.89 Å². The van der Waals surface area contributed by atoms with Crippen LogP contribution < -0.4 is 5.32 Å². The first-order valence-electron chi connectivity index (χ1n) is 7.98. The molecule has 7 heteroatoms. The van der Waals surface area contributed by atoms with E-state index in [1.165, 1.54) is 0 Å². The number of nitrogens with one attached hydrogen (secondary N) is 1. The molecule has 0 unspecified atom stereocenters. The number of rotatable bonds is 6. The Morgan fingerprint density at radius 1 is 1.33 bits per heavy atom. The lowest BCUT2D eigenvalue weighted by Gasteiger charge is -2.34. The molecule has 5 nitrogen and oxygen atoms in total. The topological polar surface area (TPSA) is 53.9 Å². The number of aliphatic imine (C=N–C) groups is 1. The summed E-state index contributed by atoms with van der Waals surface area (Å²) in [6.07, 6.45) is 2.85. The van der Waals surface area contributed by atoms with Crippen LogP contribution in [0.5, 0.6) is 0 Å². The van der Waals surface area contributed by atoms with E-state index in [2.05, 4.69) is 23.5 Å². The minimum atomic E-state index is -3.08. The van der Waals surface area contributed by atoms with Crippen molar-refractivity contribution in [3.63, 3.8) is 0 Å². The number of halogens is 2. The Labute approximate surface area is 142 Å². The highest BCUT2D eigenvalue weighted by atomic mass is 19.3. The van der Waals surface area contributed by atoms with Crippen molar-refractivity contribution in [2.24, 2.45) is 4.99 Å². The minimum absolute atomic E-state index is 0.0644. The van der Waals surface area contributed by atoms with Gasteiger partial charge in [0.15, 0.2) is 0 Å². The molecule has 136 valence electrons. The molecule has 1 aliphatic heterocycles. The lowest BCUT2D eigenvalue weighted by Crippen LogP contribution is -2.49. The zero-order valence-corrected chi connectivity index (χ0v) is 14.6. The molecule has 1 rings (SSSR count). The number of alkyl halides is 2. The maximum atomic E-state index is 14.2. The summed E-state index contributed by atoms with van der Waals surface area (Å²) < 4.78 is 33.5. The maximum absolute atomic E-state index is 14.2. The van der Waals surface area contributed by atoms with Crippen LogP contribution in [0, 0.1) is 0 Å². The zero-order valence-electron chi connectivity index (χ0n) is 14.6. The lowest BCUT2D eigenvalue weighted by atomic mass is 10.0. The summed E-state index contributed by atoms with van der Waals surface area (Å²) in [4.78, 5) is 17.0. The van der Waals surface area contributed by atoms with E-state index in [-0.39, 0.29) is 11.8 Å². The number of alkyl carbamates (subject to hydrolysis) is 1. The van der Waals surface area contributed by atoms with Crippen molar-refractivity contribution in [1.29, 1.82) is 0 Å². The van der Waals surface area contributed by atoms with Gasteiger partial charge in [0.25, 0.3) is 0 Å². The minimum Gasteiger partial charge on any atom is -0.444 e. The first-order valence-corrected chi connectivity index (χ1v) is 7.98. The summed E-state index contributed by atoms with van der Waals surface area (Å²) in [5.41, 5.74) is -0.940. The number of allylic oxidation sites excluding steroid dienone is 1. The third-order valence-electron chi connectivity index (χ3n) is 3.53. The van der Waals surface area contributed by atoms with Crippen molar-refractivity contribution in [2.75, 3.05) is 19.6 Å². The Morgan fingerprint density at radius 2 is 1.92 bits per heavy atom. The van der Waals surface area contributed by atoms with Gasteiger partial charge in [-0.05, 0) is 39.7 Å². The highest BCUT2D eigenvalue weighted by Gasteiger charge is 2.37. The summed E-state index contributed by atoms with van der Waals surface area (Å²) in [5, 5.41) is 2.78. The largest absolute Gasteiger partial charge is 0.444 e. The summed E-state index contributed by atoms with van der Waals surface area (Å²) in [6.45, 7) is 12.6. The highest BCUT2D eigenvalue weighted by molar-refractivity contribution is 6.00. The van der Waals surface area contributed by atoms with Crippen LogP contribution in [0.3, 0.4) is 0 Å². The van der Waals surface area contributed by atoms with E-state index in [0.717, 1.165) is 12.3 Å². The fourth-order valence-corrected chi connectivity index (χ4v) is 2.47. The molecule has 0 aromatic carbocycles. The molecule has 0 spiro atoms. The molecule has 1 fully saturated rings. The van der Waals surface area contributed by atoms with Crippen LogP contribution in [-0.4, -0.2) is 53.9 Å². The fraction of sp³-hybridized carbons (Fsp3) is 0.647. The molecule has 0 radical (unpaired) electrons. The second kappa shape index (κ2) is 8.37. The number of likely N-dealkylation sites (tertiary alicyclic amines) is 1. The number of piperidine rings is 1. The Bertz CT molecular complexity index is 491. The number of hydrogen-bond donors (Lipinski definition) is 1. The third-order valence-corrected chi connectivity index (χ3v) is 3.53. The summed E-state index contributed by atoms with van der Waals surface area (Å²) >= 11 is 0. The van der Waals surface area contributed by atoms with E-state index < -0.39 is 24.2 Å². The Kier molecular flexibility index (Phi) is 7.08. The maximum Gasteiger partial charge on any atom is 0.407 e. The first kappa shape index (κ1) is 20.3. The normalized spacial score (nSPS) is 18.1. The first-order chi connectivity index (χ1) is 11.1. The highest BCUT2D eigenvalue weighted by Crippen LogP contribution is 2.22. The third kappa shape index (κ3) is 6.78. The molecular weight excluding hydrogens is 316 g/mol. The van der Waals surface area contributed by atoms with Crippen molar-refractivity contribution >= 4 is 11.8 Å². The van der Waals surface area contributed by atoms with Crippen LogP contribution >= 0.6 is 0 Å². The van der Waals surface area contributed by atoms with Crippen molar-refractivity contribution in [1.82, 2.24) is 10.2 Å². The number of amides is 1. The van der Waals surface area contributed by atoms with E-state index in [4.69, 9.17) is 4.74 Å². The number of nitrogens with zero attached hydrogens (tertiary/aromatic N) is 2. The van der Waals surface area contributed by atoms with Crippen LogP contribution in [0.1, 0.15) is 33.6 Å². The second-order valence-corrected chi connectivity index (χ2v) is 6.80. The van der Waals surface area contributed by atoms with Gasteiger partial charge in [-0.1, -0.05) is 13.2 Å². The Balaban J connectivity index is 2.48. The van der Waals surface area contributed by atoms with Gasteiger partial charge in [-0.25, -0.2) is 4.79 Å². The number of hydrogen-bond acceptors (Lipinski definition) is 4. The monoisotopic (exact) mass is 343 g/mol. The fourth-order valence-electron chi connectivity index (χ4n) is 2.47. The standard InChI is InChI=1S/C17H27F2N3O2/c1-6-14(20-7-2)17(18,19)12-22-10-8-13(9-11-22)21-15(23)24-16(3,4)5/h6-7,13H,1-2,8-12H2,3-5H3,(H,21,23). The number of carbonyl (C=O) groups is 1. The summed E-state index contributed by atoms with van der Waals surface area (Å²) in [7, 11) is 0. The van der Waals surface area contributed by atoms with Gasteiger partial charge in [0.05, 0.1) is 6.54 Å². The average Bonchev–Trinajstić information content (AvgIpc) is 2.44. The van der Waals surface area contributed by atoms with E-state index in [1.807, 2.05) is 0 Å². The molecular formula is C17H27F2N3O2. The van der Waals surface area contributed by atoms with E-state index >= 15 is 0 Å². The molecule has 24 heavy (non-hydrogen) atoms. The smallest absolute Gasteiger partial charge is 0.407 e. The van der Waals surface area contributed by atoms with E-state index in [9.17, 15) is 13.6 Å². The lowest BCUT2D eigenvalue weighted by molar-refractivity contribution is 0.0207. The van der Waals surface area contributed by atoms with Gasteiger partial charge in [0.2, 0.25) is 0 Å². The summed E-state index contributed by atoms with van der Waals surface area (Å²) in [5.74, 6) is -3.08. The van der Waals surface area contributed by atoms with Crippen molar-refractivity contribution in [3.8, 4) is 0 Å². The van der Waals surface area contributed by atoms with Crippen LogP contribution in [0.4, 0.5) is 13.6 Å². The van der Waals surface area contributed by atoms with E-state index in [0.29, 0.717) is 25.9 Å². The van der Waals surface area contributed by atoms with Gasteiger partial charge in [-0.2, -0.15) is 8.78 Å². The van der Waals surface area contributed by atoms with Crippen LogP contribution in [0.25, 0.3) is 0 Å². The molecule has 1 heterocycles. The predicted molar refractivity (Wildman–Crippen MR) is 91.6 cm³/mol. The molecule has 0 saturated carbocycles. The van der Waals surface area contributed by atoms with Gasteiger partial charge in [0.1, 0.15) is 11.3 Å². The molecule has 0 aromatic rings. The zero-order chi connectivity index (χ0) is 18.4. The van der Waals surface area contributed by atoms with Crippen molar-refractivity contribution in [3.05, 3.63) is 25.4 Å². The predicted octanol–water partition coefficient (Wildman–Crippen LogP) is 3.38. The molecule has 0 aliphatic carbocycles. The second-order valence-electron chi connectivity index (χ2n) is 6.80. The molecule has 1 saturated heterocycles. The Hall–Kier alpha value is -1.76. The van der Waals surface area contributed by atoms with Crippen molar-refractivity contribution < 1.29 is 18.3 Å². The average molecular weight is 343 g/mol. The Morgan fingerprint density at radius 3 is 2.38 bits per heavy atom. The van der Waals surface area contributed by atoms with Crippen LogP contribution in [-0.2, 0) is 4.74 Å². The van der Waals surface area contributed by atoms with Crippen LogP contribution in [0.15, 0.2) is 30.4 Å². The molecule has 0 bridgehead atoms. The van der Waals surface area contributed by atoms with Crippen LogP contribution in [0.2, 0.25) is 0 Å². The molecule has 0 atom stereocenters. The molecule has 1 aliphatic rings. The van der Waals surface area contributed by atoms with E-state index in [1.54, 1.807) is 25.7 Å². The van der Waals surface area contributed by atoms with Gasteiger partial charge < -0.3 is 10.1 Å². The molecule has 1 N–H and O–H groups in total. The van der Waals surface area contributed by atoms with Crippen molar-refractivity contribution in [2.45, 2.75) is 51.2 Å². The summed E-state index contributed by atoms with van der Waals surface area (Å²) in [6, 6.07) is -0.0644. The SMILES string of the molecule is C=CN=C(C=C)C(F)(F)CN1CCC(NC(=O)OC(C)(C)C)CC1. The number of carbonyl (C=O) groups excluding carboxylic acids is 1. The quantitative estimate of drug-likeness (QED) is 0.752. The van der Waals surface area contributed by atoms with Gasteiger partial charge in [-0.15, -0.1) is 0 Å². The van der Waals surface area contributed by atoms with Gasteiger partial charge >= 0.3 is 12.0 Å². The molecule has 0 aromatic heterocycles. The van der Waals surface area contributed by atoms with Gasteiger partial charge in [0, 0.05) is 25.3 Å². The number of ether oxygens (including phenoxy) is 1.